The third-order valence-corrected chi connectivity index (χ3v) is 6.89. The number of nitrogens with zero attached hydrogens (tertiary/aromatic N) is 5. The van der Waals surface area contributed by atoms with Gasteiger partial charge in [0.2, 0.25) is 0 Å². The summed E-state index contributed by atoms with van der Waals surface area (Å²) in [7, 11) is 2.02. The van der Waals surface area contributed by atoms with Gasteiger partial charge in [0, 0.05) is 48.4 Å². The molecular weight excluding hydrogens is 446 g/mol. The van der Waals surface area contributed by atoms with Crippen molar-refractivity contribution in [2.75, 3.05) is 0 Å². The lowest BCUT2D eigenvalue weighted by molar-refractivity contribution is 0.444. The van der Waals surface area contributed by atoms with E-state index in [2.05, 4.69) is 37.9 Å². The first-order valence-electron chi connectivity index (χ1n) is 11.0. The molecule has 0 bridgehead atoms. The van der Waals surface area contributed by atoms with Crippen molar-refractivity contribution in [1.29, 1.82) is 0 Å². The van der Waals surface area contributed by atoms with Crippen LogP contribution in [-0.4, -0.2) is 34.5 Å². The smallest absolute Gasteiger partial charge is 0.196 e. The highest BCUT2D eigenvalue weighted by Gasteiger charge is 2.22. The monoisotopic (exact) mass is 471 g/mol. The number of benzene rings is 2. The van der Waals surface area contributed by atoms with Crippen LogP contribution in [0, 0.1) is 0 Å². The van der Waals surface area contributed by atoms with Gasteiger partial charge in [-0.05, 0) is 59.5 Å². The minimum absolute atomic E-state index is 0.0398. The largest absolute Gasteiger partial charge is 0.508 e. The van der Waals surface area contributed by atoms with Gasteiger partial charge in [0.25, 0.3) is 0 Å². The summed E-state index contributed by atoms with van der Waals surface area (Å²) in [6.07, 6.45) is 5.58. The summed E-state index contributed by atoms with van der Waals surface area (Å²) >= 11 is 1.57. The molecule has 7 nitrogen and oxygen atoms in total. The highest BCUT2D eigenvalue weighted by molar-refractivity contribution is 7.98. The molecule has 3 aromatic heterocycles. The van der Waals surface area contributed by atoms with Gasteiger partial charge in [-0.3, -0.25) is 9.55 Å². The molecule has 0 fully saturated rings. The minimum Gasteiger partial charge on any atom is -0.508 e. The van der Waals surface area contributed by atoms with Gasteiger partial charge >= 0.3 is 0 Å². The van der Waals surface area contributed by atoms with Crippen LogP contribution in [0.4, 0.5) is 0 Å². The molecule has 0 amide bonds. The lowest BCUT2D eigenvalue weighted by Gasteiger charge is -2.15. The quantitative estimate of drug-likeness (QED) is 0.311. The predicted molar refractivity (Wildman–Crippen MR) is 134 cm³/mol. The van der Waals surface area contributed by atoms with Gasteiger partial charge in [-0.25, -0.2) is 0 Å². The van der Waals surface area contributed by atoms with Crippen molar-refractivity contribution in [3.05, 3.63) is 78.2 Å². The van der Waals surface area contributed by atoms with E-state index in [0.29, 0.717) is 22.3 Å². The first-order chi connectivity index (χ1) is 16.4. The molecule has 5 rings (SSSR count). The molecule has 0 aliphatic rings. The fourth-order valence-electron chi connectivity index (χ4n) is 4.04. The maximum atomic E-state index is 10.8. The number of fused-ring (bicyclic) bond motifs is 1. The van der Waals surface area contributed by atoms with Crippen molar-refractivity contribution in [3.8, 4) is 28.6 Å². The molecule has 172 valence electrons. The number of aromatic nitrogens is 5. The van der Waals surface area contributed by atoms with Crippen LogP contribution in [0.5, 0.6) is 11.5 Å². The van der Waals surface area contributed by atoms with Crippen molar-refractivity contribution in [2.45, 2.75) is 30.7 Å². The van der Waals surface area contributed by atoms with Crippen LogP contribution in [0.15, 0.2) is 72.3 Å². The second-order valence-corrected chi connectivity index (χ2v) is 9.48. The number of aryl methyl sites for hydroxylation is 1. The topological polar surface area (TPSA) is 89.0 Å². The number of rotatable bonds is 6. The molecule has 0 atom stereocenters. The van der Waals surface area contributed by atoms with Gasteiger partial charge in [0.15, 0.2) is 11.0 Å². The fourth-order valence-corrected chi connectivity index (χ4v) is 4.95. The maximum Gasteiger partial charge on any atom is 0.196 e. The summed E-state index contributed by atoms with van der Waals surface area (Å²) in [5.41, 5.74) is 4.42. The minimum atomic E-state index is -0.0398. The van der Waals surface area contributed by atoms with Gasteiger partial charge in [0.05, 0.1) is 11.3 Å². The van der Waals surface area contributed by atoms with E-state index in [0.717, 1.165) is 27.7 Å². The van der Waals surface area contributed by atoms with Gasteiger partial charge in [-0.15, -0.1) is 10.2 Å². The number of thioether (sulfide) groups is 1. The van der Waals surface area contributed by atoms with Crippen molar-refractivity contribution >= 4 is 22.7 Å². The first kappa shape index (κ1) is 22.0. The maximum absolute atomic E-state index is 10.8. The molecule has 0 saturated carbocycles. The second kappa shape index (κ2) is 8.87. The van der Waals surface area contributed by atoms with Gasteiger partial charge in [0.1, 0.15) is 11.5 Å². The zero-order valence-electron chi connectivity index (χ0n) is 19.2. The Bertz CT molecular complexity index is 1470. The van der Waals surface area contributed by atoms with Crippen molar-refractivity contribution in [3.63, 3.8) is 0 Å². The Kier molecular flexibility index (Phi) is 5.75. The standard InChI is InChI=1S/C26H25N5O2S/c1-16(2)20-13-21(24(33)14-23(20)32)25-28-29-26(34-15-17-6-9-27-10-7-17)31(25)19-4-5-22-18(12-19)8-11-30(22)3/h4-14,16,32-33H,15H2,1-3H3. The van der Waals surface area contributed by atoms with Crippen LogP contribution in [0.1, 0.15) is 30.9 Å². The van der Waals surface area contributed by atoms with E-state index in [1.165, 1.54) is 6.07 Å². The fraction of sp³-hybridized carbons (Fsp3) is 0.192. The zero-order valence-corrected chi connectivity index (χ0v) is 20.0. The molecule has 0 unspecified atom stereocenters. The Morgan fingerprint density at radius 1 is 0.941 bits per heavy atom. The van der Waals surface area contributed by atoms with E-state index in [9.17, 15) is 10.2 Å². The Morgan fingerprint density at radius 3 is 2.50 bits per heavy atom. The lowest BCUT2D eigenvalue weighted by atomic mass is 9.98. The Hall–Kier alpha value is -3.78. The predicted octanol–water partition coefficient (Wildman–Crippen LogP) is 5.65. The van der Waals surface area contributed by atoms with Crippen LogP contribution in [0.2, 0.25) is 0 Å². The van der Waals surface area contributed by atoms with E-state index in [1.54, 1.807) is 30.2 Å². The Morgan fingerprint density at radius 2 is 1.74 bits per heavy atom. The highest BCUT2D eigenvalue weighted by Crippen LogP contribution is 2.39. The number of phenolic OH excluding ortho intramolecular Hbond substituents is 2. The Balaban J connectivity index is 1.66. The number of hydrogen-bond donors (Lipinski definition) is 2. The van der Waals surface area contributed by atoms with E-state index < -0.39 is 0 Å². The average Bonchev–Trinajstić information content (AvgIpc) is 3.41. The number of pyridine rings is 1. The molecule has 0 saturated heterocycles. The molecule has 2 aromatic carbocycles. The molecule has 0 aliphatic carbocycles. The summed E-state index contributed by atoms with van der Waals surface area (Å²) in [4.78, 5) is 4.09. The van der Waals surface area contributed by atoms with Crippen LogP contribution < -0.4 is 0 Å². The van der Waals surface area contributed by atoms with Crippen LogP contribution >= 0.6 is 11.8 Å². The van der Waals surface area contributed by atoms with Crippen molar-refractivity contribution in [1.82, 2.24) is 24.3 Å². The summed E-state index contributed by atoms with van der Waals surface area (Å²) < 4.78 is 4.04. The molecule has 3 heterocycles. The van der Waals surface area contributed by atoms with E-state index >= 15 is 0 Å². The summed E-state index contributed by atoms with van der Waals surface area (Å²) in [5.74, 6) is 1.33. The van der Waals surface area contributed by atoms with Gasteiger partial charge < -0.3 is 14.8 Å². The van der Waals surface area contributed by atoms with Gasteiger partial charge in [-0.1, -0.05) is 25.6 Å². The Labute approximate surface area is 201 Å². The molecule has 2 N–H and O–H groups in total. The van der Waals surface area contributed by atoms with Crippen LogP contribution in [0.3, 0.4) is 0 Å². The first-order valence-corrected chi connectivity index (χ1v) is 12.0. The molecule has 0 radical (unpaired) electrons. The molecular formula is C26H25N5O2S. The second-order valence-electron chi connectivity index (χ2n) is 8.54. The number of hydrogen-bond acceptors (Lipinski definition) is 6. The van der Waals surface area contributed by atoms with E-state index in [-0.39, 0.29) is 17.4 Å². The van der Waals surface area contributed by atoms with Crippen molar-refractivity contribution in [2.24, 2.45) is 7.05 Å². The van der Waals surface area contributed by atoms with E-state index in [1.807, 2.05) is 49.9 Å². The SMILES string of the molecule is CC(C)c1cc(-c2nnc(SCc3ccncc3)n2-c2ccc3c(ccn3C)c2)c(O)cc1O. The number of phenols is 2. The highest BCUT2D eigenvalue weighted by atomic mass is 32.2. The molecule has 8 heteroatoms. The summed E-state index contributed by atoms with van der Waals surface area (Å²) in [6.45, 7) is 4.00. The third kappa shape index (κ3) is 4.01. The van der Waals surface area contributed by atoms with Gasteiger partial charge in [-0.2, -0.15) is 0 Å². The molecule has 5 aromatic rings. The summed E-state index contributed by atoms with van der Waals surface area (Å²) in [5, 5.41) is 31.9. The molecule has 0 spiro atoms. The molecule has 0 aliphatic heterocycles. The molecule has 34 heavy (non-hydrogen) atoms. The zero-order chi connectivity index (χ0) is 23.8. The normalized spacial score (nSPS) is 11.5. The average molecular weight is 472 g/mol. The third-order valence-electron chi connectivity index (χ3n) is 5.89. The van der Waals surface area contributed by atoms with Crippen LogP contribution in [-0.2, 0) is 12.8 Å². The van der Waals surface area contributed by atoms with E-state index in [4.69, 9.17) is 0 Å². The number of aromatic hydroxyl groups is 2. The van der Waals surface area contributed by atoms with Crippen LogP contribution in [0.25, 0.3) is 28.0 Å². The lowest BCUT2D eigenvalue weighted by Crippen LogP contribution is -2.01. The summed E-state index contributed by atoms with van der Waals surface area (Å²) in [6, 6.07) is 15.4. The van der Waals surface area contributed by atoms with Crippen molar-refractivity contribution < 1.29 is 10.2 Å².